The molecule has 0 bridgehead atoms. The fraction of sp³-hybridized carbons (Fsp3) is 0.321. The lowest BCUT2D eigenvalue weighted by Gasteiger charge is -2.26. The van der Waals surface area contributed by atoms with Gasteiger partial charge >= 0.3 is 5.97 Å². The van der Waals surface area contributed by atoms with E-state index in [1.807, 2.05) is 18.2 Å². The Hall–Kier alpha value is -3.65. The lowest BCUT2D eigenvalue weighted by molar-refractivity contribution is -0.139. The summed E-state index contributed by atoms with van der Waals surface area (Å²) in [4.78, 5) is 32.1. The van der Waals surface area contributed by atoms with Crippen LogP contribution in [-0.4, -0.2) is 31.4 Å². The van der Waals surface area contributed by atoms with E-state index >= 15 is 0 Å². The fourth-order valence-corrected chi connectivity index (χ4v) is 5.31. The van der Waals surface area contributed by atoms with Crippen molar-refractivity contribution in [2.75, 3.05) is 20.8 Å². The number of ether oxygens (including phenoxy) is 3. The highest BCUT2D eigenvalue weighted by Gasteiger charge is 2.35. The fourth-order valence-electron chi connectivity index (χ4n) is 4.27. The largest absolute Gasteiger partial charge is 0.497 e. The van der Waals surface area contributed by atoms with Gasteiger partial charge in [-0.2, -0.15) is 0 Å². The summed E-state index contributed by atoms with van der Waals surface area (Å²) in [6, 6.07) is 12.7. The number of carbonyl (C=O) groups excluding carboxylic acids is 1. The molecular weight excluding hydrogens is 476 g/mol. The van der Waals surface area contributed by atoms with Crippen molar-refractivity contribution < 1.29 is 19.0 Å². The Morgan fingerprint density at radius 1 is 1.14 bits per heavy atom. The van der Waals surface area contributed by atoms with Crippen molar-refractivity contribution in [1.82, 2.24) is 4.57 Å². The van der Waals surface area contributed by atoms with E-state index in [2.05, 4.69) is 31.0 Å². The molecule has 0 fully saturated rings. The van der Waals surface area contributed by atoms with Crippen LogP contribution in [-0.2, 0) is 9.53 Å². The van der Waals surface area contributed by atoms with Crippen molar-refractivity contribution in [3.05, 3.63) is 90.1 Å². The quantitative estimate of drug-likeness (QED) is 0.454. The Kier molecular flexibility index (Phi) is 7.45. The highest BCUT2D eigenvalue weighted by atomic mass is 32.1. The molecule has 2 heterocycles. The van der Waals surface area contributed by atoms with Crippen LogP contribution >= 0.6 is 11.3 Å². The molecule has 4 rings (SSSR count). The maximum Gasteiger partial charge on any atom is 0.338 e. The summed E-state index contributed by atoms with van der Waals surface area (Å²) in [7, 11) is 3.12. The Morgan fingerprint density at radius 3 is 2.47 bits per heavy atom. The van der Waals surface area contributed by atoms with E-state index in [1.165, 1.54) is 16.9 Å². The van der Waals surface area contributed by atoms with E-state index in [-0.39, 0.29) is 12.2 Å². The Balaban J connectivity index is 1.96. The predicted molar refractivity (Wildman–Crippen MR) is 140 cm³/mol. The number of aromatic nitrogens is 1. The molecule has 1 atom stereocenters. The number of thiazole rings is 1. The summed E-state index contributed by atoms with van der Waals surface area (Å²) in [5.41, 5.74) is 3.31. The summed E-state index contributed by atoms with van der Waals surface area (Å²) >= 11 is 1.29. The monoisotopic (exact) mass is 506 g/mol. The summed E-state index contributed by atoms with van der Waals surface area (Å²) in [6.07, 6.45) is 1.86. The number of hydrogen-bond donors (Lipinski definition) is 0. The van der Waals surface area contributed by atoms with Gasteiger partial charge in [0.15, 0.2) is 4.80 Å². The zero-order chi connectivity index (χ0) is 26.0. The van der Waals surface area contributed by atoms with Crippen LogP contribution in [0.4, 0.5) is 0 Å². The zero-order valence-electron chi connectivity index (χ0n) is 21.3. The van der Waals surface area contributed by atoms with E-state index in [0.717, 1.165) is 5.56 Å². The smallest absolute Gasteiger partial charge is 0.338 e. The molecule has 0 amide bonds. The molecule has 0 aliphatic carbocycles. The van der Waals surface area contributed by atoms with Crippen LogP contribution in [0.15, 0.2) is 63.5 Å². The van der Waals surface area contributed by atoms with Gasteiger partial charge in [0.25, 0.3) is 5.56 Å². The van der Waals surface area contributed by atoms with Crippen molar-refractivity contribution in [1.29, 1.82) is 0 Å². The number of nitrogens with zero attached hydrogens (tertiary/aromatic N) is 2. The van der Waals surface area contributed by atoms with Crippen LogP contribution in [0.5, 0.6) is 11.5 Å². The average molecular weight is 507 g/mol. The third-order valence-corrected chi connectivity index (χ3v) is 7.13. The Morgan fingerprint density at radius 2 is 1.86 bits per heavy atom. The van der Waals surface area contributed by atoms with E-state index in [1.54, 1.807) is 50.8 Å². The van der Waals surface area contributed by atoms with Gasteiger partial charge in [-0.15, -0.1) is 0 Å². The molecule has 188 valence electrons. The number of benzene rings is 2. The zero-order valence-corrected chi connectivity index (χ0v) is 22.1. The number of esters is 1. The van der Waals surface area contributed by atoms with Crippen molar-refractivity contribution in [3.8, 4) is 11.5 Å². The molecule has 8 heteroatoms. The van der Waals surface area contributed by atoms with Gasteiger partial charge in [0, 0.05) is 5.56 Å². The summed E-state index contributed by atoms with van der Waals surface area (Å²) in [6.45, 7) is 7.99. The minimum Gasteiger partial charge on any atom is -0.497 e. The SMILES string of the molecule is CCOC(=O)C1=C(C)N=c2s/c(=C\c3ccc(C(C)C)cc3)c(=O)n2[C@H]1c1cc(OC)ccc1OC. The van der Waals surface area contributed by atoms with E-state index in [4.69, 9.17) is 14.2 Å². The van der Waals surface area contributed by atoms with Gasteiger partial charge in [0.05, 0.1) is 36.6 Å². The molecule has 2 aromatic carbocycles. The number of allylic oxidation sites excluding steroid dienone is 1. The summed E-state index contributed by atoms with van der Waals surface area (Å²) in [5.74, 6) is 1.01. The van der Waals surface area contributed by atoms with Crippen molar-refractivity contribution in [2.24, 2.45) is 4.99 Å². The molecule has 7 nitrogen and oxygen atoms in total. The van der Waals surface area contributed by atoms with Crippen LogP contribution in [0.25, 0.3) is 6.08 Å². The second kappa shape index (κ2) is 10.5. The van der Waals surface area contributed by atoms with Crippen molar-refractivity contribution in [2.45, 2.75) is 39.7 Å². The summed E-state index contributed by atoms with van der Waals surface area (Å²) < 4.78 is 18.5. The molecule has 0 radical (unpaired) electrons. The van der Waals surface area contributed by atoms with Gasteiger partial charge < -0.3 is 14.2 Å². The van der Waals surface area contributed by atoms with E-state index in [0.29, 0.717) is 43.6 Å². The van der Waals surface area contributed by atoms with Gasteiger partial charge in [-0.25, -0.2) is 9.79 Å². The third-order valence-electron chi connectivity index (χ3n) is 6.15. The number of methoxy groups -OCH3 is 2. The normalized spacial score (nSPS) is 15.5. The third kappa shape index (κ3) is 4.73. The van der Waals surface area contributed by atoms with E-state index in [9.17, 15) is 9.59 Å². The number of fused-ring (bicyclic) bond motifs is 1. The first-order chi connectivity index (χ1) is 17.3. The second-order valence-electron chi connectivity index (χ2n) is 8.73. The predicted octanol–water partition coefficient (Wildman–Crippen LogP) is 3.94. The molecular formula is C28H30N2O5S. The molecule has 0 saturated heterocycles. The van der Waals surface area contributed by atoms with Gasteiger partial charge in [-0.3, -0.25) is 9.36 Å². The Bertz CT molecular complexity index is 1500. The van der Waals surface area contributed by atoms with Gasteiger partial charge in [0.2, 0.25) is 0 Å². The molecule has 1 aliphatic rings. The van der Waals surface area contributed by atoms with Gasteiger partial charge in [-0.1, -0.05) is 49.4 Å². The van der Waals surface area contributed by atoms with Crippen LogP contribution < -0.4 is 24.4 Å². The number of carbonyl (C=O) groups is 1. The molecule has 3 aromatic rings. The molecule has 0 unspecified atom stereocenters. The first-order valence-electron chi connectivity index (χ1n) is 11.8. The molecule has 0 N–H and O–H groups in total. The van der Waals surface area contributed by atoms with Crippen molar-refractivity contribution >= 4 is 23.4 Å². The second-order valence-corrected chi connectivity index (χ2v) is 9.74. The minimum absolute atomic E-state index is 0.203. The first kappa shape index (κ1) is 25.4. The van der Waals surface area contributed by atoms with Crippen LogP contribution in [0.1, 0.15) is 56.3 Å². The lowest BCUT2D eigenvalue weighted by atomic mass is 9.94. The minimum atomic E-state index is -0.782. The highest BCUT2D eigenvalue weighted by Crippen LogP contribution is 2.37. The van der Waals surface area contributed by atoms with Crippen molar-refractivity contribution in [3.63, 3.8) is 0 Å². The van der Waals surface area contributed by atoms with Crippen LogP contribution in [0.3, 0.4) is 0 Å². The maximum absolute atomic E-state index is 13.8. The first-order valence-corrected chi connectivity index (χ1v) is 12.6. The molecule has 1 aromatic heterocycles. The standard InChI is InChI=1S/C28H30N2O5S/c1-7-35-27(32)24-17(4)29-28-30(25(24)21-15-20(33-5)12-13-22(21)34-6)26(31)23(36-28)14-18-8-10-19(11-9-18)16(2)3/h8-16,25H,7H2,1-6H3/b23-14-/t25-/m0/s1. The molecule has 0 saturated carbocycles. The van der Waals surface area contributed by atoms with E-state index < -0.39 is 12.0 Å². The molecule has 0 spiro atoms. The number of rotatable bonds is 7. The molecule has 1 aliphatic heterocycles. The van der Waals surface area contributed by atoms with Crippen LogP contribution in [0, 0.1) is 0 Å². The highest BCUT2D eigenvalue weighted by molar-refractivity contribution is 7.07. The van der Waals surface area contributed by atoms with Crippen LogP contribution in [0.2, 0.25) is 0 Å². The molecule has 36 heavy (non-hydrogen) atoms. The van der Waals surface area contributed by atoms with Gasteiger partial charge in [-0.05, 0) is 55.2 Å². The Labute approximate surface area is 214 Å². The summed E-state index contributed by atoms with van der Waals surface area (Å²) in [5, 5.41) is 0. The topological polar surface area (TPSA) is 79.1 Å². The number of hydrogen-bond acceptors (Lipinski definition) is 7. The maximum atomic E-state index is 13.8. The van der Waals surface area contributed by atoms with Gasteiger partial charge in [0.1, 0.15) is 17.5 Å². The average Bonchev–Trinajstić information content (AvgIpc) is 3.17. The lowest BCUT2D eigenvalue weighted by Crippen LogP contribution is -2.40.